The molecule has 1 heterocycles. The second-order valence-corrected chi connectivity index (χ2v) is 5.06. The van der Waals surface area contributed by atoms with Gasteiger partial charge in [-0.1, -0.05) is 12.1 Å². The van der Waals surface area contributed by atoms with E-state index < -0.39 is 0 Å². The van der Waals surface area contributed by atoms with Crippen molar-refractivity contribution in [2.45, 2.75) is 33.8 Å². The van der Waals surface area contributed by atoms with E-state index in [9.17, 15) is 4.79 Å². The molecule has 1 aromatic heterocycles. The van der Waals surface area contributed by atoms with Crippen LogP contribution in [0.25, 0.3) is 0 Å². The second-order valence-electron chi connectivity index (χ2n) is 5.06. The molecule has 5 nitrogen and oxygen atoms in total. The zero-order valence-electron chi connectivity index (χ0n) is 12.7. The number of benzene rings is 1. The van der Waals surface area contributed by atoms with Crippen molar-refractivity contribution in [1.29, 1.82) is 0 Å². The van der Waals surface area contributed by atoms with Gasteiger partial charge in [-0.15, -0.1) is 0 Å². The molecule has 1 N–H and O–H groups in total. The Labute approximate surface area is 124 Å². The third-order valence-electron chi connectivity index (χ3n) is 2.70. The average Bonchev–Trinajstić information content (AvgIpc) is 2.39. The van der Waals surface area contributed by atoms with Crippen molar-refractivity contribution in [2.24, 2.45) is 0 Å². The number of para-hydroxylation sites is 2. The van der Waals surface area contributed by atoms with Crippen molar-refractivity contribution in [3.05, 3.63) is 47.5 Å². The molecule has 0 bridgehead atoms. The van der Waals surface area contributed by atoms with E-state index >= 15 is 0 Å². The van der Waals surface area contributed by atoms with Gasteiger partial charge in [0.05, 0.1) is 11.8 Å². The van der Waals surface area contributed by atoms with E-state index in [4.69, 9.17) is 4.74 Å². The Bertz CT molecular complexity index is 633. The number of aromatic nitrogens is 2. The van der Waals surface area contributed by atoms with Crippen LogP contribution in [0.4, 0.5) is 5.69 Å². The van der Waals surface area contributed by atoms with Crippen molar-refractivity contribution >= 4 is 11.6 Å². The Morgan fingerprint density at radius 3 is 2.57 bits per heavy atom. The van der Waals surface area contributed by atoms with Gasteiger partial charge in [0.25, 0.3) is 5.91 Å². The molecule has 0 fully saturated rings. The van der Waals surface area contributed by atoms with Gasteiger partial charge in [0.15, 0.2) is 0 Å². The summed E-state index contributed by atoms with van der Waals surface area (Å²) in [7, 11) is 0. The number of carbonyl (C=O) groups is 1. The Morgan fingerprint density at radius 2 is 1.90 bits per heavy atom. The molecule has 0 aliphatic carbocycles. The third kappa shape index (κ3) is 4.02. The molecule has 21 heavy (non-hydrogen) atoms. The summed E-state index contributed by atoms with van der Waals surface area (Å²) in [6, 6.07) is 9.00. The van der Waals surface area contributed by atoms with Crippen LogP contribution in [0.3, 0.4) is 0 Å². The molecule has 5 heteroatoms. The number of ether oxygens (including phenoxy) is 1. The molecule has 2 rings (SSSR count). The molecule has 0 aliphatic heterocycles. The van der Waals surface area contributed by atoms with E-state index in [0.29, 0.717) is 23.0 Å². The number of rotatable bonds is 4. The first-order valence-corrected chi connectivity index (χ1v) is 6.85. The van der Waals surface area contributed by atoms with Gasteiger partial charge in [0.1, 0.15) is 17.3 Å². The summed E-state index contributed by atoms with van der Waals surface area (Å²) < 4.78 is 5.68. The van der Waals surface area contributed by atoms with Gasteiger partial charge in [0.2, 0.25) is 0 Å². The lowest BCUT2D eigenvalue weighted by atomic mass is 10.2. The molecule has 0 spiro atoms. The van der Waals surface area contributed by atoms with Crippen LogP contribution in [0, 0.1) is 13.8 Å². The van der Waals surface area contributed by atoms with E-state index in [1.54, 1.807) is 19.1 Å². The third-order valence-corrected chi connectivity index (χ3v) is 2.70. The van der Waals surface area contributed by atoms with Crippen LogP contribution in [0.1, 0.15) is 35.9 Å². The van der Waals surface area contributed by atoms with Gasteiger partial charge >= 0.3 is 0 Å². The Hall–Kier alpha value is -2.43. The first-order valence-electron chi connectivity index (χ1n) is 6.85. The number of nitrogens with one attached hydrogen (secondary N) is 1. The summed E-state index contributed by atoms with van der Waals surface area (Å²) in [5.41, 5.74) is 1.74. The highest BCUT2D eigenvalue weighted by Gasteiger charge is 2.12. The second kappa shape index (κ2) is 6.35. The molecule has 1 amide bonds. The van der Waals surface area contributed by atoms with E-state index in [0.717, 1.165) is 5.69 Å². The van der Waals surface area contributed by atoms with Crippen LogP contribution in [-0.4, -0.2) is 22.0 Å². The topological polar surface area (TPSA) is 64.1 Å². The van der Waals surface area contributed by atoms with Crippen LogP contribution >= 0.6 is 0 Å². The molecular weight excluding hydrogens is 266 g/mol. The predicted octanol–water partition coefficient (Wildman–Crippen LogP) is 3.13. The summed E-state index contributed by atoms with van der Waals surface area (Å²) >= 11 is 0. The monoisotopic (exact) mass is 285 g/mol. The molecular formula is C16H19N3O2. The lowest BCUT2D eigenvalue weighted by molar-refractivity contribution is 0.102. The smallest absolute Gasteiger partial charge is 0.274 e. The summed E-state index contributed by atoms with van der Waals surface area (Å²) in [6.45, 7) is 7.48. The molecule has 2 aromatic rings. The first kappa shape index (κ1) is 15.0. The molecule has 0 aliphatic rings. The maximum absolute atomic E-state index is 12.3. The number of anilines is 1. The molecule has 0 saturated carbocycles. The van der Waals surface area contributed by atoms with Gasteiger partial charge in [-0.05, 0) is 45.9 Å². The number of nitrogens with zero attached hydrogens (tertiary/aromatic N) is 2. The summed E-state index contributed by atoms with van der Waals surface area (Å²) in [5, 5.41) is 2.83. The largest absolute Gasteiger partial charge is 0.489 e. The summed E-state index contributed by atoms with van der Waals surface area (Å²) in [6.07, 6.45) is 0.0339. The minimum absolute atomic E-state index is 0.0339. The summed E-state index contributed by atoms with van der Waals surface area (Å²) in [4.78, 5) is 20.6. The Balaban J connectivity index is 2.23. The van der Waals surface area contributed by atoms with Crippen molar-refractivity contribution in [3.8, 4) is 5.75 Å². The fourth-order valence-electron chi connectivity index (χ4n) is 1.95. The number of aryl methyl sites for hydroxylation is 2. The SMILES string of the molecule is Cc1cc(C(=O)Nc2ccccc2OC(C)C)nc(C)n1. The van der Waals surface area contributed by atoms with Gasteiger partial charge < -0.3 is 10.1 Å². The highest BCUT2D eigenvalue weighted by atomic mass is 16.5. The van der Waals surface area contributed by atoms with Gasteiger partial charge in [0, 0.05) is 5.69 Å². The molecule has 0 atom stereocenters. The maximum Gasteiger partial charge on any atom is 0.274 e. The van der Waals surface area contributed by atoms with Crippen LogP contribution in [0.5, 0.6) is 5.75 Å². The normalized spacial score (nSPS) is 10.5. The lowest BCUT2D eigenvalue weighted by Crippen LogP contribution is -2.16. The van der Waals surface area contributed by atoms with Crippen LogP contribution < -0.4 is 10.1 Å². The Morgan fingerprint density at radius 1 is 1.19 bits per heavy atom. The minimum Gasteiger partial charge on any atom is -0.489 e. The standard InChI is InChI=1S/C16H19N3O2/c1-10(2)21-15-8-6-5-7-13(15)19-16(20)14-9-11(3)17-12(4)18-14/h5-10H,1-4H3,(H,19,20). The predicted molar refractivity (Wildman–Crippen MR) is 81.7 cm³/mol. The van der Waals surface area contributed by atoms with Gasteiger partial charge in [-0.2, -0.15) is 0 Å². The van der Waals surface area contributed by atoms with E-state index in [1.165, 1.54) is 0 Å². The summed E-state index contributed by atoms with van der Waals surface area (Å²) in [5.74, 6) is 0.943. The van der Waals surface area contributed by atoms with Crippen molar-refractivity contribution in [2.75, 3.05) is 5.32 Å². The zero-order chi connectivity index (χ0) is 15.4. The number of carbonyl (C=O) groups excluding carboxylic acids is 1. The van der Waals surface area contributed by atoms with E-state index in [-0.39, 0.29) is 12.0 Å². The molecule has 0 radical (unpaired) electrons. The quantitative estimate of drug-likeness (QED) is 0.937. The zero-order valence-corrected chi connectivity index (χ0v) is 12.7. The van der Waals surface area contributed by atoms with Crippen LogP contribution in [-0.2, 0) is 0 Å². The molecule has 0 saturated heterocycles. The maximum atomic E-state index is 12.3. The van der Waals surface area contributed by atoms with Crippen molar-refractivity contribution in [3.63, 3.8) is 0 Å². The number of hydrogen-bond donors (Lipinski definition) is 1. The fraction of sp³-hybridized carbons (Fsp3) is 0.312. The van der Waals surface area contributed by atoms with Crippen molar-refractivity contribution in [1.82, 2.24) is 9.97 Å². The van der Waals surface area contributed by atoms with Crippen LogP contribution in [0.15, 0.2) is 30.3 Å². The van der Waals surface area contributed by atoms with E-state index in [1.807, 2.05) is 39.0 Å². The highest BCUT2D eigenvalue weighted by Crippen LogP contribution is 2.25. The molecule has 1 aromatic carbocycles. The van der Waals surface area contributed by atoms with Crippen molar-refractivity contribution < 1.29 is 9.53 Å². The number of hydrogen-bond acceptors (Lipinski definition) is 4. The Kier molecular flexibility index (Phi) is 4.52. The highest BCUT2D eigenvalue weighted by molar-refractivity contribution is 6.03. The first-order chi connectivity index (χ1) is 9.95. The lowest BCUT2D eigenvalue weighted by Gasteiger charge is -2.14. The molecule has 0 unspecified atom stereocenters. The van der Waals surface area contributed by atoms with Gasteiger partial charge in [-0.3, -0.25) is 4.79 Å². The number of amides is 1. The average molecular weight is 285 g/mol. The fourth-order valence-corrected chi connectivity index (χ4v) is 1.95. The van der Waals surface area contributed by atoms with Gasteiger partial charge in [-0.25, -0.2) is 9.97 Å². The minimum atomic E-state index is -0.275. The van der Waals surface area contributed by atoms with Crippen LogP contribution in [0.2, 0.25) is 0 Å². The molecule has 110 valence electrons. The van der Waals surface area contributed by atoms with E-state index in [2.05, 4.69) is 15.3 Å².